The highest BCUT2D eigenvalue weighted by Crippen LogP contribution is 2.30. The topological polar surface area (TPSA) is 116 Å². The van der Waals surface area contributed by atoms with Gasteiger partial charge in [0.1, 0.15) is 31.1 Å². The molecule has 0 unspecified atom stereocenters. The normalized spacial score (nSPS) is 12.7. The van der Waals surface area contributed by atoms with Crippen molar-refractivity contribution in [3.8, 4) is 5.75 Å². The van der Waals surface area contributed by atoms with Crippen LogP contribution in [0.25, 0.3) is 0 Å². The predicted molar refractivity (Wildman–Crippen MR) is 96.4 cm³/mol. The molecule has 0 fully saturated rings. The number of carbonyl (C=O) groups is 3. The number of imide groups is 1. The fourth-order valence-electron chi connectivity index (χ4n) is 2.63. The summed E-state index contributed by atoms with van der Waals surface area (Å²) in [6.07, 6.45) is 0. The van der Waals surface area contributed by atoms with Crippen molar-refractivity contribution < 1.29 is 28.8 Å². The molecule has 0 aliphatic carbocycles. The Bertz CT molecular complexity index is 959. The van der Waals surface area contributed by atoms with Crippen LogP contribution in [-0.4, -0.2) is 47.4 Å². The summed E-state index contributed by atoms with van der Waals surface area (Å²) in [4.78, 5) is 47.5. The number of nitrogens with zero attached hydrogens (tertiary/aromatic N) is 2. The van der Waals surface area contributed by atoms with Gasteiger partial charge in [-0.2, -0.15) is 0 Å². The van der Waals surface area contributed by atoms with Gasteiger partial charge in [-0.3, -0.25) is 29.4 Å². The number of amides is 2. The second-order valence-electron chi connectivity index (χ2n) is 5.68. The number of rotatable bonds is 7. The van der Waals surface area contributed by atoms with Crippen molar-refractivity contribution in [1.29, 1.82) is 0 Å². The lowest BCUT2D eigenvalue weighted by atomic mass is 10.1. The molecule has 2 aromatic carbocycles. The van der Waals surface area contributed by atoms with Crippen molar-refractivity contribution >= 4 is 35.1 Å². The van der Waals surface area contributed by atoms with E-state index in [9.17, 15) is 24.5 Å². The van der Waals surface area contributed by atoms with Gasteiger partial charge < -0.3 is 9.47 Å². The van der Waals surface area contributed by atoms with Crippen LogP contribution in [0.5, 0.6) is 5.75 Å². The van der Waals surface area contributed by atoms with Crippen LogP contribution in [0.3, 0.4) is 0 Å². The fraction of sp³-hybridized carbons (Fsp3) is 0.167. The van der Waals surface area contributed by atoms with Crippen LogP contribution in [0.2, 0.25) is 5.02 Å². The summed E-state index contributed by atoms with van der Waals surface area (Å²) >= 11 is 5.76. The number of carbonyl (C=O) groups excluding carboxylic acids is 3. The summed E-state index contributed by atoms with van der Waals surface area (Å²) in [5.41, 5.74) is -0.919. The van der Waals surface area contributed by atoms with Crippen molar-refractivity contribution in [1.82, 2.24) is 4.90 Å². The van der Waals surface area contributed by atoms with Crippen LogP contribution in [-0.2, 0) is 9.53 Å². The third-order valence-electron chi connectivity index (χ3n) is 3.89. The van der Waals surface area contributed by atoms with Crippen molar-refractivity contribution in [2.75, 3.05) is 19.8 Å². The number of fused-ring (bicyclic) bond motifs is 1. The summed E-state index contributed by atoms with van der Waals surface area (Å²) in [7, 11) is 0. The highest BCUT2D eigenvalue weighted by Gasteiger charge is 2.41. The molecule has 1 aliphatic rings. The molecule has 0 spiro atoms. The third-order valence-corrected chi connectivity index (χ3v) is 4.14. The van der Waals surface area contributed by atoms with Crippen molar-refractivity contribution in [2.24, 2.45) is 0 Å². The van der Waals surface area contributed by atoms with Crippen LogP contribution >= 0.6 is 11.6 Å². The number of hydrogen-bond acceptors (Lipinski definition) is 7. The van der Waals surface area contributed by atoms with E-state index < -0.39 is 34.9 Å². The van der Waals surface area contributed by atoms with Gasteiger partial charge in [-0.1, -0.05) is 17.7 Å². The molecular weight excluding hydrogens is 392 g/mol. The molecule has 0 radical (unpaired) electrons. The second-order valence-corrected chi connectivity index (χ2v) is 6.11. The van der Waals surface area contributed by atoms with Gasteiger partial charge in [0.05, 0.1) is 10.5 Å². The van der Waals surface area contributed by atoms with E-state index in [2.05, 4.69) is 0 Å². The Balaban J connectivity index is 1.55. The zero-order valence-electron chi connectivity index (χ0n) is 14.3. The summed E-state index contributed by atoms with van der Waals surface area (Å²) in [5.74, 6) is -1.98. The van der Waals surface area contributed by atoms with Gasteiger partial charge in [-0.25, -0.2) is 0 Å². The predicted octanol–water partition coefficient (Wildman–Crippen LogP) is 2.47. The van der Waals surface area contributed by atoms with Gasteiger partial charge in [0.15, 0.2) is 0 Å². The molecule has 2 amide bonds. The number of nitro groups is 1. The summed E-state index contributed by atoms with van der Waals surface area (Å²) in [6, 6.07) is 10.3. The average molecular weight is 405 g/mol. The Morgan fingerprint density at radius 1 is 1.07 bits per heavy atom. The molecule has 0 N–H and O–H groups in total. The minimum absolute atomic E-state index is 0.0565. The first-order chi connectivity index (χ1) is 13.4. The minimum Gasteiger partial charge on any atom is -0.490 e. The molecule has 0 atom stereocenters. The lowest BCUT2D eigenvalue weighted by Gasteiger charge is -2.13. The van der Waals surface area contributed by atoms with Crippen LogP contribution in [0.4, 0.5) is 5.69 Å². The molecule has 28 heavy (non-hydrogen) atoms. The monoisotopic (exact) mass is 404 g/mol. The highest BCUT2D eigenvalue weighted by atomic mass is 35.5. The number of esters is 1. The number of hydrogen-bond donors (Lipinski definition) is 0. The zero-order valence-corrected chi connectivity index (χ0v) is 15.0. The summed E-state index contributed by atoms with van der Waals surface area (Å²) in [6.45, 7) is -0.698. The van der Waals surface area contributed by atoms with Crippen molar-refractivity contribution in [3.05, 3.63) is 68.7 Å². The first-order valence-corrected chi connectivity index (χ1v) is 8.44. The van der Waals surface area contributed by atoms with Crippen LogP contribution in [0, 0.1) is 10.1 Å². The Morgan fingerprint density at radius 3 is 2.46 bits per heavy atom. The van der Waals surface area contributed by atoms with E-state index in [0.29, 0.717) is 15.7 Å². The van der Waals surface area contributed by atoms with E-state index >= 15 is 0 Å². The van der Waals surface area contributed by atoms with Gasteiger partial charge in [0, 0.05) is 11.1 Å². The number of ether oxygens (including phenoxy) is 2. The van der Waals surface area contributed by atoms with Crippen LogP contribution in [0.15, 0.2) is 42.5 Å². The van der Waals surface area contributed by atoms with E-state index in [1.165, 1.54) is 12.1 Å². The first-order valence-electron chi connectivity index (χ1n) is 8.06. The lowest BCUT2D eigenvalue weighted by molar-refractivity contribution is -0.385. The molecule has 0 saturated carbocycles. The minimum atomic E-state index is -0.901. The van der Waals surface area contributed by atoms with Gasteiger partial charge in [-0.15, -0.1) is 0 Å². The average Bonchev–Trinajstić information content (AvgIpc) is 2.91. The molecule has 3 rings (SSSR count). The van der Waals surface area contributed by atoms with Crippen molar-refractivity contribution in [3.63, 3.8) is 0 Å². The van der Waals surface area contributed by atoms with Crippen LogP contribution < -0.4 is 4.74 Å². The van der Waals surface area contributed by atoms with Gasteiger partial charge >= 0.3 is 5.97 Å². The van der Waals surface area contributed by atoms with Crippen molar-refractivity contribution in [2.45, 2.75) is 0 Å². The van der Waals surface area contributed by atoms with E-state index in [1.54, 1.807) is 24.3 Å². The van der Waals surface area contributed by atoms with E-state index in [0.717, 1.165) is 6.07 Å². The number of nitro benzene ring substituents is 1. The first kappa shape index (κ1) is 19.3. The smallest absolute Gasteiger partial charge is 0.326 e. The molecule has 2 aromatic rings. The van der Waals surface area contributed by atoms with Gasteiger partial charge in [-0.05, 0) is 30.3 Å². The Hall–Kier alpha value is -3.46. The van der Waals surface area contributed by atoms with Crippen LogP contribution in [0.1, 0.15) is 20.7 Å². The highest BCUT2D eigenvalue weighted by molar-refractivity contribution is 6.30. The Kier molecular flexibility index (Phi) is 5.55. The zero-order chi connectivity index (χ0) is 20.3. The number of benzene rings is 2. The standard InChI is InChI=1S/C18H13ClN2O7/c19-11-4-6-12(7-5-11)27-8-9-28-15(22)10-20-17(23)13-2-1-3-14(21(25)26)16(13)18(20)24/h1-7H,8-10H2. The van der Waals surface area contributed by atoms with E-state index in [-0.39, 0.29) is 24.3 Å². The largest absolute Gasteiger partial charge is 0.490 e. The number of halogens is 1. The van der Waals surface area contributed by atoms with E-state index in [1.807, 2.05) is 0 Å². The maximum absolute atomic E-state index is 12.4. The lowest BCUT2D eigenvalue weighted by Crippen LogP contribution is -2.36. The van der Waals surface area contributed by atoms with Gasteiger partial charge in [0.2, 0.25) is 0 Å². The molecule has 1 heterocycles. The van der Waals surface area contributed by atoms with Gasteiger partial charge in [0.25, 0.3) is 17.5 Å². The molecule has 0 aromatic heterocycles. The van der Waals surface area contributed by atoms with E-state index in [4.69, 9.17) is 21.1 Å². The summed E-state index contributed by atoms with van der Waals surface area (Å²) < 4.78 is 10.3. The Labute approximate surface area is 163 Å². The second kappa shape index (κ2) is 8.05. The maximum Gasteiger partial charge on any atom is 0.326 e. The quantitative estimate of drug-likeness (QED) is 0.229. The molecule has 0 bridgehead atoms. The molecule has 0 saturated heterocycles. The molecule has 144 valence electrons. The molecule has 9 nitrogen and oxygen atoms in total. The fourth-order valence-corrected chi connectivity index (χ4v) is 2.76. The summed E-state index contributed by atoms with van der Waals surface area (Å²) in [5, 5.41) is 11.6. The molecule has 1 aliphatic heterocycles. The third kappa shape index (κ3) is 3.94. The molecular formula is C18H13ClN2O7. The Morgan fingerprint density at radius 2 is 1.79 bits per heavy atom. The SMILES string of the molecule is O=C(CN1C(=O)c2cccc([N+](=O)[O-])c2C1=O)OCCOc1ccc(Cl)cc1. The maximum atomic E-state index is 12.4. The molecule has 10 heteroatoms.